The van der Waals surface area contributed by atoms with Gasteiger partial charge in [0.2, 0.25) is 0 Å². The Labute approximate surface area is 73.6 Å². The minimum absolute atomic E-state index is 0.0712. The molecule has 2 heteroatoms. The van der Waals surface area contributed by atoms with E-state index in [1.165, 1.54) is 0 Å². The number of hydrogen-bond acceptors (Lipinski definition) is 1. The standard InChI is InChI=1S/C10H16O2/c1-7(2)5-6-9(8(3)4)10(11)12/h6,8H,1,5H2,2-4H3,(H,11,12). The van der Waals surface area contributed by atoms with Crippen molar-refractivity contribution in [3.63, 3.8) is 0 Å². The highest BCUT2D eigenvalue weighted by Crippen LogP contribution is 2.12. The van der Waals surface area contributed by atoms with E-state index in [1.54, 1.807) is 6.08 Å². The van der Waals surface area contributed by atoms with Gasteiger partial charge in [0.1, 0.15) is 0 Å². The SMILES string of the molecule is C=C(C)CC=C(C(=O)O)C(C)C. The van der Waals surface area contributed by atoms with Crippen molar-refractivity contribution >= 4 is 5.97 Å². The Morgan fingerprint density at radius 3 is 2.33 bits per heavy atom. The second-order valence-corrected chi connectivity index (χ2v) is 3.28. The molecule has 0 aromatic carbocycles. The largest absolute Gasteiger partial charge is 0.478 e. The van der Waals surface area contributed by atoms with Crippen molar-refractivity contribution in [2.45, 2.75) is 27.2 Å². The summed E-state index contributed by atoms with van der Waals surface area (Å²) in [6, 6.07) is 0. The van der Waals surface area contributed by atoms with Crippen molar-refractivity contribution in [2.75, 3.05) is 0 Å². The third-order valence-electron chi connectivity index (χ3n) is 1.54. The summed E-state index contributed by atoms with van der Waals surface area (Å²) in [5.41, 5.74) is 1.45. The highest BCUT2D eigenvalue weighted by Gasteiger charge is 2.10. The maximum atomic E-state index is 10.7. The Kier molecular flexibility index (Phi) is 4.34. The van der Waals surface area contributed by atoms with E-state index in [9.17, 15) is 4.79 Å². The molecular weight excluding hydrogens is 152 g/mol. The van der Waals surface area contributed by atoms with Crippen LogP contribution >= 0.6 is 0 Å². The molecule has 1 N–H and O–H groups in total. The summed E-state index contributed by atoms with van der Waals surface area (Å²) in [5.74, 6) is -0.756. The Bertz CT molecular complexity index is 212. The number of allylic oxidation sites excluding steroid dienone is 2. The fraction of sp³-hybridized carbons (Fsp3) is 0.500. The van der Waals surface area contributed by atoms with Gasteiger partial charge in [0.05, 0.1) is 0 Å². The fourth-order valence-electron chi connectivity index (χ4n) is 0.854. The van der Waals surface area contributed by atoms with Gasteiger partial charge in [0, 0.05) is 5.57 Å². The molecule has 0 aromatic rings. The second-order valence-electron chi connectivity index (χ2n) is 3.28. The van der Waals surface area contributed by atoms with Gasteiger partial charge in [-0.2, -0.15) is 0 Å². The van der Waals surface area contributed by atoms with Crippen molar-refractivity contribution in [2.24, 2.45) is 5.92 Å². The molecule has 0 aliphatic carbocycles. The average Bonchev–Trinajstić information content (AvgIpc) is 1.84. The van der Waals surface area contributed by atoms with Gasteiger partial charge in [-0.25, -0.2) is 4.79 Å². The van der Waals surface area contributed by atoms with Crippen LogP contribution in [0, 0.1) is 5.92 Å². The number of carboxylic acids is 1. The van der Waals surface area contributed by atoms with E-state index in [0.29, 0.717) is 12.0 Å². The molecule has 0 unspecified atom stereocenters. The van der Waals surface area contributed by atoms with Crippen molar-refractivity contribution < 1.29 is 9.90 Å². The van der Waals surface area contributed by atoms with E-state index < -0.39 is 5.97 Å². The minimum Gasteiger partial charge on any atom is -0.478 e. The Hall–Kier alpha value is -1.05. The normalized spacial score (nSPS) is 11.8. The van der Waals surface area contributed by atoms with Crippen LogP contribution in [0.25, 0.3) is 0 Å². The summed E-state index contributed by atoms with van der Waals surface area (Å²) >= 11 is 0. The van der Waals surface area contributed by atoms with E-state index in [4.69, 9.17) is 5.11 Å². The number of rotatable bonds is 4. The smallest absolute Gasteiger partial charge is 0.331 e. The lowest BCUT2D eigenvalue weighted by molar-refractivity contribution is -0.133. The van der Waals surface area contributed by atoms with Crippen molar-refractivity contribution in [3.8, 4) is 0 Å². The molecule has 68 valence electrons. The lowest BCUT2D eigenvalue weighted by Gasteiger charge is -2.05. The van der Waals surface area contributed by atoms with Crippen LogP contribution in [0.4, 0.5) is 0 Å². The van der Waals surface area contributed by atoms with Crippen molar-refractivity contribution in [1.82, 2.24) is 0 Å². The third kappa shape index (κ3) is 3.96. The summed E-state index contributed by atoms with van der Waals surface area (Å²) in [5, 5.41) is 8.76. The van der Waals surface area contributed by atoms with Crippen molar-refractivity contribution in [1.29, 1.82) is 0 Å². The first kappa shape index (κ1) is 11.0. The molecule has 0 bridgehead atoms. The molecule has 0 amide bonds. The Morgan fingerprint density at radius 2 is 2.08 bits per heavy atom. The molecule has 0 saturated heterocycles. The van der Waals surface area contributed by atoms with E-state index in [2.05, 4.69) is 6.58 Å². The summed E-state index contributed by atoms with van der Waals surface area (Å²) in [4.78, 5) is 10.7. The lowest BCUT2D eigenvalue weighted by Crippen LogP contribution is -2.06. The van der Waals surface area contributed by atoms with Gasteiger partial charge in [-0.15, -0.1) is 0 Å². The highest BCUT2D eigenvalue weighted by molar-refractivity contribution is 5.87. The summed E-state index contributed by atoms with van der Waals surface area (Å²) < 4.78 is 0. The fourth-order valence-corrected chi connectivity index (χ4v) is 0.854. The number of carbonyl (C=O) groups is 1. The van der Waals surface area contributed by atoms with Gasteiger partial charge in [-0.3, -0.25) is 0 Å². The number of aliphatic carboxylic acids is 1. The molecule has 0 saturated carbocycles. The van der Waals surface area contributed by atoms with E-state index in [1.807, 2.05) is 20.8 Å². The molecule has 0 radical (unpaired) electrons. The molecular formula is C10H16O2. The van der Waals surface area contributed by atoms with Gasteiger partial charge < -0.3 is 5.11 Å². The zero-order chi connectivity index (χ0) is 9.72. The maximum absolute atomic E-state index is 10.7. The number of hydrogen-bond donors (Lipinski definition) is 1. The quantitative estimate of drug-likeness (QED) is 0.517. The van der Waals surface area contributed by atoms with Gasteiger partial charge in [-0.05, 0) is 19.3 Å². The third-order valence-corrected chi connectivity index (χ3v) is 1.54. The first-order chi connectivity index (χ1) is 5.45. The van der Waals surface area contributed by atoms with Gasteiger partial charge in [-0.1, -0.05) is 32.1 Å². The van der Waals surface area contributed by atoms with Crippen LogP contribution in [0.15, 0.2) is 23.8 Å². The lowest BCUT2D eigenvalue weighted by atomic mass is 10.0. The van der Waals surface area contributed by atoms with Crippen molar-refractivity contribution in [3.05, 3.63) is 23.8 Å². The van der Waals surface area contributed by atoms with Gasteiger partial charge >= 0.3 is 5.97 Å². The average molecular weight is 168 g/mol. The topological polar surface area (TPSA) is 37.3 Å². The molecule has 0 heterocycles. The summed E-state index contributed by atoms with van der Waals surface area (Å²) in [6.07, 6.45) is 2.38. The van der Waals surface area contributed by atoms with Crippen LogP contribution in [-0.4, -0.2) is 11.1 Å². The van der Waals surface area contributed by atoms with E-state index in [0.717, 1.165) is 5.57 Å². The molecule has 12 heavy (non-hydrogen) atoms. The molecule has 0 aromatic heterocycles. The van der Waals surface area contributed by atoms with Gasteiger partial charge in [0.15, 0.2) is 0 Å². The number of carboxylic acid groups (broad SMARTS) is 1. The minimum atomic E-state index is -0.828. The molecule has 0 atom stereocenters. The first-order valence-corrected chi connectivity index (χ1v) is 4.03. The van der Waals surface area contributed by atoms with Crippen LogP contribution < -0.4 is 0 Å². The van der Waals surface area contributed by atoms with Crippen LogP contribution in [0.5, 0.6) is 0 Å². The van der Waals surface area contributed by atoms with Crippen LogP contribution in [0.2, 0.25) is 0 Å². The predicted molar refractivity (Wildman–Crippen MR) is 50.0 cm³/mol. The zero-order valence-electron chi connectivity index (χ0n) is 7.92. The maximum Gasteiger partial charge on any atom is 0.331 e. The molecule has 0 spiro atoms. The van der Waals surface area contributed by atoms with Gasteiger partial charge in [0.25, 0.3) is 0 Å². The van der Waals surface area contributed by atoms with Crippen LogP contribution in [0.1, 0.15) is 27.2 Å². The monoisotopic (exact) mass is 168 g/mol. The van der Waals surface area contributed by atoms with Crippen LogP contribution in [-0.2, 0) is 4.79 Å². The molecule has 0 aliphatic heterocycles. The molecule has 0 aliphatic rings. The molecule has 0 rings (SSSR count). The highest BCUT2D eigenvalue weighted by atomic mass is 16.4. The predicted octanol–water partition coefficient (Wildman–Crippen LogP) is 2.62. The zero-order valence-corrected chi connectivity index (χ0v) is 7.92. The summed E-state index contributed by atoms with van der Waals surface area (Å²) in [6.45, 7) is 9.34. The second kappa shape index (κ2) is 4.75. The first-order valence-electron chi connectivity index (χ1n) is 4.03. The summed E-state index contributed by atoms with van der Waals surface area (Å²) in [7, 11) is 0. The van der Waals surface area contributed by atoms with Crippen LogP contribution in [0.3, 0.4) is 0 Å². The Balaban J connectivity index is 4.40. The molecule has 0 fully saturated rings. The van der Waals surface area contributed by atoms with E-state index in [-0.39, 0.29) is 5.92 Å². The Morgan fingerprint density at radius 1 is 1.58 bits per heavy atom. The molecule has 2 nitrogen and oxygen atoms in total. The van der Waals surface area contributed by atoms with E-state index >= 15 is 0 Å².